The van der Waals surface area contributed by atoms with E-state index in [1.54, 1.807) is 0 Å². The third kappa shape index (κ3) is 4.30. The van der Waals surface area contributed by atoms with Crippen molar-refractivity contribution in [1.29, 1.82) is 0 Å². The Morgan fingerprint density at radius 3 is 2.36 bits per heavy atom. The first-order valence-corrected chi connectivity index (χ1v) is 9.55. The number of amides is 1. The zero-order valence-corrected chi connectivity index (χ0v) is 14.0. The molecule has 0 bridgehead atoms. The van der Waals surface area contributed by atoms with Gasteiger partial charge in [-0.1, -0.05) is 37.3 Å². The zero-order chi connectivity index (χ0) is 16.2. The molecule has 0 unspecified atom stereocenters. The summed E-state index contributed by atoms with van der Waals surface area (Å²) in [4.78, 5) is 14.6. The van der Waals surface area contributed by atoms with Crippen LogP contribution < -0.4 is 5.32 Å². The van der Waals surface area contributed by atoms with Crippen molar-refractivity contribution < 1.29 is 13.2 Å². The van der Waals surface area contributed by atoms with Crippen LogP contribution in [0.2, 0.25) is 0 Å². The highest BCUT2D eigenvalue weighted by Gasteiger charge is 2.32. The molecule has 1 heterocycles. The molecule has 0 saturated carbocycles. The molecule has 1 aliphatic rings. The molecule has 1 aliphatic heterocycles. The van der Waals surface area contributed by atoms with Crippen molar-refractivity contribution in [2.45, 2.75) is 32.4 Å². The molecule has 1 aromatic rings. The smallest absolute Gasteiger partial charge is 0.242 e. The summed E-state index contributed by atoms with van der Waals surface area (Å²) < 4.78 is 23.2. The first-order valence-electron chi connectivity index (χ1n) is 7.72. The summed E-state index contributed by atoms with van der Waals surface area (Å²) in [6, 6.07) is 9.24. The van der Waals surface area contributed by atoms with Gasteiger partial charge in [0.1, 0.15) is 6.04 Å². The standard InChI is InChI=1S/C16H24N2O3S/c1-3-13(2)17-16(19)15(14-7-5-4-6-8-14)18-9-11-22(20,21)12-10-18/h4-8,13,15H,3,9-12H2,1-2H3,(H,17,19)/t13-,15+/m0/s1. The van der Waals surface area contributed by atoms with E-state index in [4.69, 9.17) is 0 Å². The van der Waals surface area contributed by atoms with E-state index in [1.807, 2.05) is 49.1 Å². The van der Waals surface area contributed by atoms with Crippen molar-refractivity contribution in [2.75, 3.05) is 24.6 Å². The fourth-order valence-electron chi connectivity index (χ4n) is 2.57. The van der Waals surface area contributed by atoms with Crippen LogP contribution in [0.15, 0.2) is 30.3 Å². The van der Waals surface area contributed by atoms with Crippen LogP contribution in [0.3, 0.4) is 0 Å². The highest BCUT2D eigenvalue weighted by atomic mass is 32.2. The lowest BCUT2D eigenvalue weighted by Crippen LogP contribution is -2.48. The lowest BCUT2D eigenvalue weighted by Gasteiger charge is -2.34. The van der Waals surface area contributed by atoms with Crippen LogP contribution in [0.5, 0.6) is 0 Å². The number of hydrogen-bond donors (Lipinski definition) is 1. The molecule has 0 aromatic heterocycles. The molecule has 1 amide bonds. The van der Waals surface area contributed by atoms with Crippen LogP contribution in [0.1, 0.15) is 31.9 Å². The summed E-state index contributed by atoms with van der Waals surface area (Å²) in [6.07, 6.45) is 0.863. The number of sulfone groups is 1. The van der Waals surface area contributed by atoms with Gasteiger partial charge in [0.25, 0.3) is 0 Å². The maximum atomic E-state index is 12.7. The third-order valence-corrected chi connectivity index (χ3v) is 5.72. The second-order valence-corrected chi connectivity index (χ2v) is 8.12. The van der Waals surface area contributed by atoms with Crippen molar-refractivity contribution in [3.05, 3.63) is 35.9 Å². The minimum absolute atomic E-state index is 0.0557. The van der Waals surface area contributed by atoms with Gasteiger partial charge in [0.2, 0.25) is 5.91 Å². The van der Waals surface area contributed by atoms with E-state index < -0.39 is 15.9 Å². The SMILES string of the molecule is CC[C@H](C)NC(=O)[C@@H](c1ccccc1)N1CCS(=O)(=O)CC1. The molecule has 1 aromatic carbocycles. The molecule has 6 heteroatoms. The summed E-state index contributed by atoms with van der Waals surface area (Å²) in [5.41, 5.74) is 0.905. The number of hydrogen-bond acceptors (Lipinski definition) is 4. The first kappa shape index (κ1) is 17.0. The topological polar surface area (TPSA) is 66.5 Å². The van der Waals surface area contributed by atoms with E-state index in [0.29, 0.717) is 13.1 Å². The van der Waals surface area contributed by atoms with Crippen LogP contribution in [0.25, 0.3) is 0 Å². The molecular formula is C16H24N2O3S. The number of nitrogens with zero attached hydrogens (tertiary/aromatic N) is 1. The lowest BCUT2D eigenvalue weighted by atomic mass is 10.0. The maximum absolute atomic E-state index is 12.7. The van der Waals surface area contributed by atoms with Gasteiger partial charge in [-0.2, -0.15) is 0 Å². The van der Waals surface area contributed by atoms with Crippen LogP contribution in [-0.2, 0) is 14.6 Å². The van der Waals surface area contributed by atoms with Crippen molar-refractivity contribution in [1.82, 2.24) is 10.2 Å². The van der Waals surface area contributed by atoms with Crippen LogP contribution in [0, 0.1) is 0 Å². The molecule has 1 saturated heterocycles. The summed E-state index contributed by atoms with van der Waals surface area (Å²) in [6.45, 7) is 4.79. The normalized spacial score (nSPS) is 21.0. The van der Waals surface area contributed by atoms with Gasteiger partial charge in [0.05, 0.1) is 11.5 Å². The summed E-state index contributed by atoms with van der Waals surface area (Å²) in [5, 5.41) is 3.02. The van der Waals surface area contributed by atoms with Gasteiger partial charge in [-0.25, -0.2) is 8.42 Å². The Balaban J connectivity index is 2.21. The van der Waals surface area contributed by atoms with Crippen molar-refractivity contribution in [3.63, 3.8) is 0 Å². The van der Waals surface area contributed by atoms with E-state index in [-0.39, 0.29) is 23.5 Å². The minimum atomic E-state index is -2.96. The van der Waals surface area contributed by atoms with Gasteiger partial charge in [-0.15, -0.1) is 0 Å². The van der Waals surface area contributed by atoms with Gasteiger partial charge in [-0.3, -0.25) is 9.69 Å². The summed E-state index contributed by atoms with van der Waals surface area (Å²) in [5.74, 6) is 0.180. The lowest BCUT2D eigenvalue weighted by molar-refractivity contribution is -0.127. The summed E-state index contributed by atoms with van der Waals surface area (Å²) >= 11 is 0. The Labute approximate surface area is 132 Å². The number of carbonyl (C=O) groups excluding carboxylic acids is 1. The highest BCUT2D eigenvalue weighted by molar-refractivity contribution is 7.91. The minimum Gasteiger partial charge on any atom is -0.352 e. The van der Waals surface area contributed by atoms with Crippen LogP contribution in [-0.4, -0.2) is 49.9 Å². The Hall–Kier alpha value is -1.40. The quantitative estimate of drug-likeness (QED) is 0.888. The average molecular weight is 324 g/mol. The van der Waals surface area contributed by atoms with Crippen molar-refractivity contribution in [3.8, 4) is 0 Å². The largest absolute Gasteiger partial charge is 0.352 e. The van der Waals surface area contributed by atoms with Gasteiger partial charge < -0.3 is 5.32 Å². The van der Waals surface area contributed by atoms with Crippen LogP contribution >= 0.6 is 0 Å². The number of carbonyl (C=O) groups is 1. The summed E-state index contributed by atoms with van der Waals surface area (Å²) in [7, 11) is -2.96. The molecule has 0 spiro atoms. The fourth-order valence-corrected chi connectivity index (χ4v) is 3.80. The Morgan fingerprint density at radius 2 is 1.82 bits per heavy atom. The van der Waals surface area contributed by atoms with Gasteiger partial charge in [-0.05, 0) is 18.9 Å². The number of benzene rings is 1. The zero-order valence-electron chi connectivity index (χ0n) is 13.2. The Bertz CT molecular complexity index is 587. The van der Waals surface area contributed by atoms with E-state index in [0.717, 1.165) is 12.0 Å². The van der Waals surface area contributed by atoms with Crippen molar-refractivity contribution in [2.24, 2.45) is 0 Å². The molecule has 1 N–H and O–H groups in total. The monoisotopic (exact) mass is 324 g/mol. The second kappa shape index (κ2) is 7.24. The van der Waals surface area contributed by atoms with E-state index >= 15 is 0 Å². The van der Waals surface area contributed by atoms with E-state index in [2.05, 4.69) is 5.32 Å². The molecule has 0 radical (unpaired) electrons. The molecule has 1 fully saturated rings. The predicted octanol–water partition coefficient (Wildman–Crippen LogP) is 1.37. The highest BCUT2D eigenvalue weighted by Crippen LogP contribution is 2.23. The number of nitrogens with one attached hydrogen (secondary N) is 1. The van der Waals surface area contributed by atoms with Crippen LogP contribution in [0.4, 0.5) is 0 Å². The Kier molecular flexibility index (Phi) is 5.58. The maximum Gasteiger partial charge on any atom is 0.242 e. The number of rotatable bonds is 5. The van der Waals surface area contributed by atoms with Gasteiger partial charge in [0, 0.05) is 19.1 Å². The second-order valence-electron chi connectivity index (χ2n) is 5.82. The molecule has 2 rings (SSSR count). The Morgan fingerprint density at radius 1 is 1.23 bits per heavy atom. The first-order chi connectivity index (χ1) is 10.4. The average Bonchev–Trinajstić information content (AvgIpc) is 2.50. The fraction of sp³-hybridized carbons (Fsp3) is 0.562. The predicted molar refractivity (Wildman–Crippen MR) is 87.3 cm³/mol. The van der Waals surface area contributed by atoms with E-state index in [9.17, 15) is 13.2 Å². The molecule has 5 nitrogen and oxygen atoms in total. The molecule has 2 atom stereocenters. The molecular weight excluding hydrogens is 300 g/mol. The van der Waals surface area contributed by atoms with Gasteiger partial charge >= 0.3 is 0 Å². The molecule has 0 aliphatic carbocycles. The molecule has 122 valence electrons. The van der Waals surface area contributed by atoms with E-state index in [1.165, 1.54) is 0 Å². The van der Waals surface area contributed by atoms with Gasteiger partial charge in [0.15, 0.2) is 9.84 Å². The van der Waals surface area contributed by atoms with Crippen molar-refractivity contribution >= 4 is 15.7 Å². The molecule has 22 heavy (non-hydrogen) atoms. The third-order valence-electron chi connectivity index (χ3n) is 4.11.